The summed E-state index contributed by atoms with van der Waals surface area (Å²) in [6, 6.07) is 0. The van der Waals surface area contributed by atoms with E-state index in [0.717, 1.165) is 0 Å². The van der Waals surface area contributed by atoms with Crippen LogP contribution in [0.1, 0.15) is 27.2 Å². The van der Waals surface area contributed by atoms with Crippen LogP contribution in [-0.4, -0.2) is 36.7 Å². The summed E-state index contributed by atoms with van der Waals surface area (Å²) in [6.07, 6.45) is -1.98. The maximum atomic E-state index is 14.6. The van der Waals surface area contributed by atoms with Gasteiger partial charge in [0.1, 0.15) is 11.7 Å². The van der Waals surface area contributed by atoms with E-state index < -0.39 is 59.2 Å². The van der Waals surface area contributed by atoms with Crippen LogP contribution in [0.3, 0.4) is 0 Å². The maximum Gasteiger partial charge on any atom is 0.355 e. The number of halogens is 3. The van der Waals surface area contributed by atoms with Gasteiger partial charge in [-0.2, -0.15) is 8.42 Å². The fourth-order valence-corrected chi connectivity index (χ4v) is 5.05. The molecule has 0 radical (unpaired) electrons. The molecule has 0 heterocycles. The smallest absolute Gasteiger partial charge is 0.323 e. The van der Waals surface area contributed by atoms with Gasteiger partial charge in [0.25, 0.3) is 10.1 Å². The maximum absolute atomic E-state index is 14.6. The molecule has 23 heavy (non-hydrogen) atoms. The van der Waals surface area contributed by atoms with E-state index in [1.54, 1.807) is 0 Å². The van der Waals surface area contributed by atoms with Crippen molar-refractivity contribution in [2.75, 3.05) is 6.35 Å². The molecule has 1 aliphatic carbocycles. The zero-order valence-electron chi connectivity index (χ0n) is 12.7. The average Bonchev–Trinajstić information content (AvgIpc) is 2.33. The van der Waals surface area contributed by atoms with Crippen LogP contribution < -0.4 is 0 Å². The first kappa shape index (κ1) is 20.4. The van der Waals surface area contributed by atoms with Gasteiger partial charge in [0.2, 0.25) is 0 Å². The predicted molar refractivity (Wildman–Crippen MR) is 77.2 cm³/mol. The Morgan fingerprint density at radius 1 is 1.43 bits per heavy atom. The number of hydrogen-bond donors (Lipinski definition) is 1. The molecule has 0 amide bonds. The number of rotatable bonds is 7. The summed E-state index contributed by atoms with van der Waals surface area (Å²) in [7, 11) is -9.42. The van der Waals surface area contributed by atoms with Crippen LogP contribution in [0.5, 0.6) is 0 Å². The van der Waals surface area contributed by atoms with Gasteiger partial charge in [-0.1, -0.05) is 6.92 Å². The fourth-order valence-electron chi connectivity index (χ4n) is 2.02. The van der Waals surface area contributed by atoms with Crippen molar-refractivity contribution in [3.8, 4) is 0 Å². The molecule has 0 saturated carbocycles. The van der Waals surface area contributed by atoms with Crippen LogP contribution in [0.2, 0.25) is 0 Å². The topological polar surface area (TPSA) is 89.9 Å². The molecule has 0 bridgehead atoms. The highest BCUT2D eigenvalue weighted by Crippen LogP contribution is 2.45. The van der Waals surface area contributed by atoms with Gasteiger partial charge in [0.15, 0.2) is 17.3 Å². The summed E-state index contributed by atoms with van der Waals surface area (Å²) in [5, 5.41) is -2.46. The third-order valence-electron chi connectivity index (χ3n) is 2.93. The van der Waals surface area contributed by atoms with Crippen molar-refractivity contribution in [1.82, 2.24) is 0 Å². The van der Waals surface area contributed by atoms with Crippen LogP contribution in [-0.2, 0) is 23.4 Å². The van der Waals surface area contributed by atoms with Gasteiger partial charge >= 0.3 is 7.60 Å². The van der Waals surface area contributed by atoms with E-state index >= 15 is 0 Å². The first-order valence-electron chi connectivity index (χ1n) is 6.66. The first-order chi connectivity index (χ1) is 10.3. The lowest BCUT2D eigenvalue weighted by molar-refractivity contribution is 0.177. The molecular formula is C12H18F3O6PS. The summed E-state index contributed by atoms with van der Waals surface area (Å²) in [5.74, 6) is -2.85. The Morgan fingerprint density at radius 2 is 2.00 bits per heavy atom. The second kappa shape index (κ2) is 7.06. The van der Waals surface area contributed by atoms with Gasteiger partial charge in [0.05, 0.1) is 6.10 Å². The van der Waals surface area contributed by atoms with Crippen LogP contribution >= 0.6 is 7.60 Å². The van der Waals surface area contributed by atoms with Gasteiger partial charge in [0, 0.05) is 6.08 Å². The van der Waals surface area contributed by atoms with Crippen LogP contribution in [0.15, 0.2) is 23.8 Å². The number of allylic oxidation sites excluding steroid dienone is 3. The Kier molecular flexibility index (Phi) is 6.26. The quantitative estimate of drug-likeness (QED) is 0.541. The van der Waals surface area contributed by atoms with E-state index in [-0.39, 0.29) is 6.08 Å². The Bertz CT molecular complexity index is 660. The first-order valence-corrected chi connectivity index (χ1v) is 9.89. The molecule has 0 aliphatic heterocycles. The van der Waals surface area contributed by atoms with E-state index in [2.05, 4.69) is 8.71 Å². The fraction of sp³-hybridized carbons (Fsp3) is 0.667. The van der Waals surface area contributed by atoms with Gasteiger partial charge < -0.3 is 9.42 Å². The molecule has 0 fully saturated rings. The summed E-state index contributed by atoms with van der Waals surface area (Å²) < 4.78 is 86.1. The highest BCUT2D eigenvalue weighted by Gasteiger charge is 2.51. The monoisotopic (exact) mass is 378 g/mol. The lowest BCUT2D eigenvalue weighted by Gasteiger charge is -2.30. The third-order valence-corrected chi connectivity index (χ3v) is 5.95. The summed E-state index contributed by atoms with van der Waals surface area (Å²) in [4.78, 5) is 9.41. The van der Waals surface area contributed by atoms with Crippen molar-refractivity contribution in [2.45, 2.75) is 44.2 Å². The molecule has 1 aliphatic rings. The van der Waals surface area contributed by atoms with Gasteiger partial charge in [-0.25, -0.2) is 13.2 Å². The van der Waals surface area contributed by atoms with E-state index in [9.17, 15) is 31.0 Å². The predicted octanol–water partition coefficient (Wildman–Crippen LogP) is 3.11. The highest BCUT2D eigenvalue weighted by molar-refractivity contribution is 7.87. The largest absolute Gasteiger partial charge is 0.355 e. The molecule has 0 aromatic heterocycles. The van der Waals surface area contributed by atoms with Crippen molar-refractivity contribution in [2.24, 2.45) is 0 Å². The van der Waals surface area contributed by atoms with Crippen molar-refractivity contribution < 1.29 is 39.8 Å². The molecule has 0 aromatic carbocycles. The molecule has 0 aromatic rings. The SMILES string of the molecule is CCC1(F)C=C(F)C=C(F)C1S(=O)(=O)OCP(=O)(O)OC(C)C. The zero-order valence-corrected chi connectivity index (χ0v) is 14.4. The minimum Gasteiger partial charge on any atom is -0.323 e. The minimum absolute atomic E-state index is 0.224. The Balaban J connectivity index is 3.04. The number of alkyl halides is 1. The normalized spacial score (nSPS) is 28.3. The second-order valence-electron chi connectivity index (χ2n) is 5.25. The van der Waals surface area contributed by atoms with E-state index in [1.807, 2.05) is 0 Å². The Labute approximate surface area is 132 Å². The minimum atomic E-state index is -4.99. The van der Waals surface area contributed by atoms with Crippen LogP contribution in [0.4, 0.5) is 13.2 Å². The molecule has 134 valence electrons. The molecular weight excluding hydrogens is 360 g/mol. The van der Waals surface area contributed by atoms with Crippen LogP contribution in [0.25, 0.3) is 0 Å². The molecule has 1 N–H and O–H groups in total. The molecule has 0 saturated heterocycles. The van der Waals surface area contributed by atoms with Crippen molar-refractivity contribution in [1.29, 1.82) is 0 Å². The van der Waals surface area contributed by atoms with E-state index in [1.165, 1.54) is 20.8 Å². The summed E-state index contributed by atoms with van der Waals surface area (Å²) >= 11 is 0. The van der Waals surface area contributed by atoms with E-state index in [0.29, 0.717) is 6.08 Å². The summed E-state index contributed by atoms with van der Waals surface area (Å²) in [6.45, 7) is 4.06. The lowest BCUT2D eigenvalue weighted by atomic mass is 9.93. The van der Waals surface area contributed by atoms with Gasteiger partial charge in [-0.05, 0) is 26.3 Å². The molecule has 6 nitrogen and oxygen atoms in total. The van der Waals surface area contributed by atoms with Gasteiger partial charge in [-0.3, -0.25) is 8.75 Å². The summed E-state index contributed by atoms with van der Waals surface area (Å²) in [5.41, 5.74) is -2.87. The van der Waals surface area contributed by atoms with Crippen molar-refractivity contribution >= 4 is 17.7 Å². The van der Waals surface area contributed by atoms with Crippen molar-refractivity contribution in [3.63, 3.8) is 0 Å². The molecule has 1 rings (SSSR count). The Hall–Kier alpha value is -0.670. The molecule has 3 unspecified atom stereocenters. The van der Waals surface area contributed by atoms with Gasteiger partial charge in [-0.15, -0.1) is 0 Å². The van der Waals surface area contributed by atoms with Crippen LogP contribution in [0, 0.1) is 0 Å². The third kappa shape index (κ3) is 5.15. The standard InChI is InChI=1S/C12H18F3O6PS/c1-4-12(15)6-9(13)5-10(14)11(12)23(18,19)20-7-22(16,17)21-8(2)3/h5-6,8,11H,4,7H2,1-3H3,(H,16,17). The Morgan fingerprint density at radius 3 is 2.48 bits per heavy atom. The van der Waals surface area contributed by atoms with Crippen molar-refractivity contribution in [3.05, 3.63) is 23.8 Å². The molecule has 3 atom stereocenters. The zero-order chi connectivity index (χ0) is 18.1. The average molecular weight is 378 g/mol. The molecule has 11 heteroatoms. The lowest BCUT2D eigenvalue weighted by Crippen LogP contribution is -2.44. The molecule has 0 spiro atoms. The van der Waals surface area contributed by atoms with E-state index in [4.69, 9.17) is 0 Å². The second-order valence-corrected chi connectivity index (χ2v) is 8.69. The highest BCUT2D eigenvalue weighted by atomic mass is 32.2. The number of hydrogen-bond acceptors (Lipinski definition) is 5.